The van der Waals surface area contributed by atoms with Crippen LogP contribution in [0.3, 0.4) is 0 Å². The summed E-state index contributed by atoms with van der Waals surface area (Å²) < 4.78 is 36.8. The van der Waals surface area contributed by atoms with Gasteiger partial charge in [0.15, 0.2) is 5.78 Å². The number of halogens is 4. The maximum atomic E-state index is 12.3. The van der Waals surface area contributed by atoms with Crippen LogP contribution in [0.1, 0.15) is 22.8 Å². The quantitative estimate of drug-likeness (QED) is 0.763. The number of aromatic hydroxyl groups is 1. The molecule has 0 spiro atoms. The molecule has 0 atom stereocenters. The number of alkyl halides is 3. The van der Waals surface area contributed by atoms with Crippen LogP contribution in [0, 0.1) is 0 Å². The Labute approximate surface area is 88.3 Å². The minimum Gasteiger partial charge on any atom is -0.506 e. The average Bonchev–Trinajstić information content (AvgIpc) is 2.06. The number of phenolic OH excluding ortho intramolecular Hbond substituents is 1. The fraction of sp³-hybridized carbons (Fsp3) is 0.222. The van der Waals surface area contributed by atoms with Gasteiger partial charge >= 0.3 is 6.18 Å². The van der Waals surface area contributed by atoms with Crippen molar-refractivity contribution in [1.29, 1.82) is 0 Å². The average molecular weight is 239 g/mol. The Hall–Kier alpha value is -1.23. The second-order valence-corrected chi connectivity index (χ2v) is 3.29. The van der Waals surface area contributed by atoms with Gasteiger partial charge in [0, 0.05) is 5.56 Å². The van der Waals surface area contributed by atoms with Crippen molar-refractivity contribution in [1.82, 2.24) is 0 Å². The highest BCUT2D eigenvalue weighted by molar-refractivity contribution is 6.35. The molecule has 0 heterocycles. The zero-order chi connectivity index (χ0) is 11.8. The van der Waals surface area contributed by atoms with E-state index in [0.29, 0.717) is 12.1 Å². The smallest absolute Gasteiger partial charge is 0.416 e. The zero-order valence-electron chi connectivity index (χ0n) is 7.52. The second kappa shape index (κ2) is 3.73. The van der Waals surface area contributed by atoms with Crippen LogP contribution in [0.4, 0.5) is 13.2 Å². The summed E-state index contributed by atoms with van der Waals surface area (Å²) in [5.41, 5.74) is -1.45. The summed E-state index contributed by atoms with van der Waals surface area (Å²) in [4.78, 5) is 10.9. The molecule has 82 valence electrons. The maximum absolute atomic E-state index is 12.3. The molecule has 1 aromatic rings. The first kappa shape index (κ1) is 11.8. The van der Waals surface area contributed by atoms with E-state index in [1.165, 1.54) is 0 Å². The first-order chi connectivity index (χ1) is 6.73. The van der Waals surface area contributed by atoms with E-state index < -0.39 is 23.3 Å². The SMILES string of the molecule is CC(=O)c1cc(C(F)(F)F)cc(O)c1Cl. The topological polar surface area (TPSA) is 37.3 Å². The molecular weight excluding hydrogens is 233 g/mol. The number of rotatable bonds is 1. The summed E-state index contributed by atoms with van der Waals surface area (Å²) in [5.74, 6) is -1.39. The Kier molecular flexibility index (Phi) is 2.95. The van der Waals surface area contributed by atoms with E-state index in [9.17, 15) is 18.0 Å². The van der Waals surface area contributed by atoms with Gasteiger partial charge in [0.1, 0.15) is 5.75 Å². The van der Waals surface area contributed by atoms with Crippen LogP contribution in [-0.4, -0.2) is 10.9 Å². The highest BCUT2D eigenvalue weighted by Gasteiger charge is 2.32. The predicted molar refractivity (Wildman–Crippen MR) is 48.1 cm³/mol. The second-order valence-electron chi connectivity index (χ2n) is 2.91. The minimum atomic E-state index is -4.62. The Morgan fingerprint density at radius 3 is 2.33 bits per heavy atom. The fourth-order valence-corrected chi connectivity index (χ4v) is 1.27. The third-order valence-electron chi connectivity index (χ3n) is 1.76. The normalized spacial score (nSPS) is 11.5. The molecular formula is C9H6ClF3O2. The number of phenols is 1. The van der Waals surface area contributed by atoms with Crippen LogP contribution >= 0.6 is 11.6 Å². The first-order valence-electron chi connectivity index (χ1n) is 3.84. The van der Waals surface area contributed by atoms with Crippen LogP contribution in [0.2, 0.25) is 5.02 Å². The van der Waals surface area contributed by atoms with Gasteiger partial charge in [-0.15, -0.1) is 0 Å². The van der Waals surface area contributed by atoms with Gasteiger partial charge in [-0.3, -0.25) is 4.79 Å². The molecule has 1 rings (SSSR count). The molecule has 0 unspecified atom stereocenters. The van der Waals surface area contributed by atoms with Crippen LogP contribution < -0.4 is 0 Å². The van der Waals surface area contributed by atoms with E-state index in [1.54, 1.807) is 0 Å². The highest BCUT2D eigenvalue weighted by Crippen LogP contribution is 2.36. The number of carbonyl (C=O) groups excluding carboxylic acids is 1. The number of benzene rings is 1. The number of carbonyl (C=O) groups is 1. The van der Waals surface area contributed by atoms with E-state index in [2.05, 4.69) is 0 Å². The summed E-state index contributed by atoms with van der Waals surface area (Å²) in [7, 11) is 0. The van der Waals surface area contributed by atoms with Crippen molar-refractivity contribution in [3.05, 3.63) is 28.3 Å². The molecule has 15 heavy (non-hydrogen) atoms. The van der Waals surface area contributed by atoms with Crippen molar-refractivity contribution >= 4 is 17.4 Å². The Bertz CT molecular complexity index is 413. The molecule has 2 nitrogen and oxygen atoms in total. The number of Topliss-reactive ketones (excluding diaryl/α,β-unsaturated/α-hetero) is 1. The van der Waals surface area contributed by atoms with Gasteiger partial charge in [-0.25, -0.2) is 0 Å². The molecule has 0 aliphatic rings. The van der Waals surface area contributed by atoms with E-state index in [1.807, 2.05) is 0 Å². The minimum absolute atomic E-state index is 0.344. The summed E-state index contributed by atoms with van der Waals surface area (Å²) in [5, 5.41) is 8.74. The van der Waals surface area contributed by atoms with E-state index in [-0.39, 0.29) is 10.6 Å². The van der Waals surface area contributed by atoms with Crippen LogP contribution in [0.25, 0.3) is 0 Å². The Balaban J connectivity index is 3.43. The molecule has 0 amide bonds. The summed E-state index contributed by atoms with van der Waals surface area (Å²) in [6, 6.07) is 1.10. The lowest BCUT2D eigenvalue weighted by Gasteiger charge is -2.10. The van der Waals surface area contributed by atoms with Gasteiger partial charge in [-0.1, -0.05) is 11.6 Å². The molecule has 0 aromatic heterocycles. The molecule has 6 heteroatoms. The maximum Gasteiger partial charge on any atom is 0.416 e. The van der Waals surface area contributed by atoms with Crippen LogP contribution in [0.5, 0.6) is 5.75 Å². The van der Waals surface area contributed by atoms with Gasteiger partial charge < -0.3 is 5.11 Å². The molecule has 0 aliphatic heterocycles. The van der Waals surface area contributed by atoms with Crippen molar-refractivity contribution in [3.8, 4) is 5.75 Å². The molecule has 0 saturated heterocycles. The van der Waals surface area contributed by atoms with E-state index >= 15 is 0 Å². The summed E-state index contributed by atoms with van der Waals surface area (Å²) >= 11 is 5.47. The van der Waals surface area contributed by atoms with Gasteiger partial charge in [0.25, 0.3) is 0 Å². The number of hydrogen-bond donors (Lipinski definition) is 1. The molecule has 1 aromatic carbocycles. The summed E-state index contributed by atoms with van der Waals surface area (Å²) in [6.07, 6.45) is -4.62. The van der Waals surface area contributed by atoms with Crippen molar-refractivity contribution < 1.29 is 23.1 Å². The molecule has 0 saturated carbocycles. The zero-order valence-corrected chi connectivity index (χ0v) is 8.28. The molecule has 0 bridgehead atoms. The van der Waals surface area contributed by atoms with Crippen molar-refractivity contribution in [2.75, 3.05) is 0 Å². The third-order valence-corrected chi connectivity index (χ3v) is 2.16. The standard InChI is InChI=1S/C9H6ClF3O2/c1-4(14)6-2-5(9(11,12)13)3-7(15)8(6)10/h2-3,15H,1H3. The van der Waals surface area contributed by atoms with Gasteiger partial charge in [0.2, 0.25) is 0 Å². The van der Waals surface area contributed by atoms with Crippen LogP contribution in [0.15, 0.2) is 12.1 Å². The largest absolute Gasteiger partial charge is 0.506 e. The monoisotopic (exact) mass is 238 g/mol. The van der Waals surface area contributed by atoms with E-state index in [0.717, 1.165) is 6.92 Å². The molecule has 1 N–H and O–H groups in total. The molecule has 0 fully saturated rings. The molecule has 0 aliphatic carbocycles. The van der Waals surface area contributed by atoms with Crippen molar-refractivity contribution in [3.63, 3.8) is 0 Å². The van der Waals surface area contributed by atoms with Gasteiger partial charge in [-0.2, -0.15) is 13.2 Å². The predicted octanol–water partition coefficient (Wildman–Crippen LogP) is 3.27. The highest BCUT2D eigenvalue weighted by atomic mass is 35.5. The lowest BCUT2D eigenvalue weighted by atomic mass is 10.1. The van der Waals surface area contributed by atoms with Crippen LogP contribution in [-0.2, 0) is 6.18 Å². The van der Waals surface area contributed by atoms with Crippen molar-refractivity contribution in [2.45, 2.75) is 13.1 Å². The lowest BCUT2D eigenvalue weighted by molar-refractivity contribution is -0.137. The molecule has 0 radical (unpaired) electrons. The number of ketones is 1. The van der Waals surface area contributed by atoms with Crippen molar-refractivity contribution in [2.24, 2.45) is 0 Å². The van der Waals surface area contributed by atoms with Gasteiger partial charge in [-0.05, 0) is 19.1 Å². The fourth-order valence-electron chi connectivity index (χ4n) is 1.03. The first-order valence-corrected chi connectivity index (χ1v) is 4.22. The lowest BCUT2D eigenvalue weighted by Crippen LogP contribution is -2.07. The Morgan fingerprint density at radius 1 is 1.40 bits per heavy atom. The van der Waals surface area contributed by atoms with E-state index in [4.69, 9.17) is 16.7 Å². The number of hydrogen-bond acceptors (Lipinski definition) is 2. The summed E-state index contributed by atoms with van der Waals surface area (Å²) in [6.45, 7) is 1.07. The Morgan fingerprint density at radius 2 is 1.93 bits per heavy atom. The van der Waals surface area contributed by atoms with Gasteiger partial charge in [0.05, 0.1) is 10.6 Å². The third kappa shape index (κ3) is 2.41.